The molecule has 5 nitrogen and oxygen atoms in total. The van der Waals surface area contributed by atoms with E-state index < -0.39 is 6.10 Å². The molecule has 0 aromatic carbocycles. The minimum atomic E-state index is -0.776. The van der Waals surface area contributed by atoms with Crippen LogP contribution in [-0.4, -0.2) is 36.4 Å². The van der Waals surface area contributed by atoms with E-state index in [2.05, 4.69) is 111 Å². The van der Waals surface area contributed by atoms with Crippen molar-refractivity contribution in [3.63, 3.8) is 0 Å². The Hall–Kier alpha value is -3.18. The average Bonchev–Trinajstić information content (AvgIpc) is 3.51. The molecule has 0 saturated carbocycles. The Morgan fingerprint density at radius 1 is 0.286 bits per heavy atom. The smallest absolute Gasteiger partial charge is 0.306 e. The second-order valence-corrected chi connectivity index (χ2v) is 24.6. The highest BCUT2D eigenvalue weighted by Crippen LogP contribution is 2.18. The van der Waals surface area contributed by atoms with Crippen LogP contribution in [0.1, 0.15) is 373 Å². The largest absolute Gasteiger partial charge is 0.462 e. The Balaban J connectivity index is 3.42. The molecule has 84 heavy (non-hydrogen) atoms. The van der Waals surface area contributed by atoms with Crippen molar-refractivity contribution in [3.05, 3.63) is 97.2 Å². The number of hydrogen-bond acceptors (Lipinski definition) is 5. The fourth-order valence-corrected chi connectivity index (χ4v) is 10.9. The Bertz CT molecular complexity index is 1560. The normalized spacial score (nSPS) is 12.8. The van der Waals surface area contributed by atoms with E-state index in [9.17, 15) is 14.7 Å². The van der Waals surface area contributed by atoms with Gasteiger partial charge < -0.3 is 14.6 Å². The minimum absolute atomic E-state index is 0.0640. The maximum Gasteiger partial charge on any atom is 0.306 e. The van der Waals surface area contributed by atoms with Crippen LogP contribution in [0.4, 0.5) is 0 Å². The molecule has 0 bridgehead atoms. The number of carbonyl (C=O) groups excluding carboxylic acids is 2. The lowest BCUT2D eigenvalue weighted by Crippen LogP contribution is -2.28. The van der Waals surface area contributed by atoms with Crippen molar-refractivity contribution in [1.82, 2.24) is 0 Å². The topological polar surface area (TPSA) is 72.8 Å². The standard InChI is InChI=1S/C79H140O5/c1-3-5-7-9-11-13-15-17-19-21-23-25-27-29-31-33-35-37-39-41-43-45-47-49-51-53-55-57-59-61-63-65-67-69-71-73-78(81)83-76-77(75-80)84-79(82)74-72-70-68-66-64-62-60-58-56-54-52-50-48-46-44-42-40-38-36-34-32-30-28-26-24-22-20-18-16-14-12-10-8-6-4-2/h6,8,12,14-15,17-18,20-21,23-24,26,30,32,36,38,77,80H,3-5,7,9-11,13,16,19,22,25,27-29,31,33-35,37,39-76H2,1-2H3/b8-6-,14-12-,17-15-,20-18-,23-21-,26-24-,32-30-,38-36-. The van der Waals surface area contributed by atoms with E-state index in [1.807, 2.05) is 0 Å². The second kappa shape index (κ2) is 74.1. The van der Waals surface area contributed by atoms with Gasteiger partial charge in [0.2, 0.25) is 0 Å². The quantitative estimate of drug-likeness (QED) is 0.0373. The van der Waals surface area contributed by atoms with Crippen LogP contribution in [0, 0.1) is 0 Å². The Labute approximate surface area is 523 Å². The Kier molecular flexibility index (Phi) is 71.3. The van der Waals surface area contributed by atoms with Crippen LogP contribution in [0.25, 0.3) is 0 Å². The summed E-state index contributed by atoms with van der Waals surface area (Å²) in [5.74, 6) is -0.574. The third kappa shape index (κ3) is 71.3. The minimum Gasteiger partial charge on any atom is -0.462 e. The zero-order valence-electron chi connectivity index (χ0n) is 55.9. The van der Waals surface area contributed by atoms with Gasteiger partial charge in [0, 0.05) is 12.8 Å². The summed E-state index contributed by atoms with van der Waals surface area (Å²) in [6.07, 6.45) is 106. The van der Waals surface area contributed by atoms with Crippen molar-refractivity contribution < 1.29 is 24.2 Å². The summed E-state index contributed by atoms with van der Waals surface area (Å²) < 4.78 is 10.8. The van der Waals surface area contributed by atoms with Gasteiger partial charge in [-0.25, -0.2) is 0 Å². The fourth-order valence-electron chi connectivity index (χ4n) is 10.9. The van der Waals surface area contributed by atoms with E-state index in [1.54, 1.807) is 0 Å². The predicted octanol–water partition coefficient (Wildman–Crippen LogP) is 25.8. The van der Waals surface area contributed by atoms with Gasteiger partial charge in [0.25, 0.3) is 0 Å². The molecular weight excluding hydrogens is 1030 g/mol. The number of hydrogen-bond donors (Lipinski definition) is 1. The number of carbonyl (C=O) groups is 2. The van der Waals surface area contributed by atoms with Crippen LogP contribution < -0.4 is 0 Å². The van der Waals surface area contributed by atoms with Crippen LogP contribution >= 0.6 is 0 Å². The molecule has 1 N–H and O–H groups in total. The Morgan fingerprint density at radius 3 is 0.774 bits per heavy atom. The van der Waals surface area contributed by atoms with Gasteiger partial charge in [0.15, 0.2) is 6.10 Å². The molecule has 0 aliphatic rings. The first-order valence-corrected chi connectivity index (χ1v) is 36.8. The van der Waals surface area contributed by atoms with Crippen LogP contribution in [0.5, 0.6) is 0 Å². The maximum absolute atomic E-state index is 12.4. The number of rotatable bonds is 68. The highest BCUT2D eigenvalue weighted by molar-refractivity contribution is 5.70. The summed E-state index contributed by atoms with van der Waals surface area (Å²) in [6, 6.07) is 0. The number of aliphatic hydroxyl groups is 1. The molecule has 0 rings (SSSR count). The van der Waals surface area contributed by atoms with E-state index in [0.717, 1.165) is 83.5 Å². The SMILES string of the molecule is CC/C=C\C/C=C\C/C=C\C/C=C\C/C=C\C/C=C\CCCCCCCCCCCCCCCCCCC(=O)OC(CO)COC(=O)CCCCCCCCCCCCCCCCCCCCCCCCC/C=C\C/C=C\CCCCCCC. The molecule has 0 spiro atoms. The lowest BCUT2D eigenvalue weighted by molar-refractivity contribution is -0.161. The molecule has 0 saturated heterocycles. The van der Waals surface area contributed by atoms with Gasteiger partial charge in [0.05, 0.1) is 6.61 Å². The number of ether oxygens (including phenoxy) is 2. The van der Waals surface area contributed by atoms with Crippen molar-refractivity contribution in [2.45, 2.75) is 380 Å². The highest BCUT2D eigenvalue weighted by atomic mass is 16.6. The van der Waals surface area contributed by atoms with Crippen LogP contribution in [0.3, 0.4) is 0 Å². The molecule has 1 unspecified atom stereocenters. The molecule has 0 aliphatic carbocycles. The molecule has 0 aromatic heterocycles. The van der Waals surface area contributed by atoms with E-state index in [4.69, 9.17) is 9.47 Å². The van der Waals surface area contributed by atoms with Gasteiger partial charge in [-0.1, -0.05) is 361 Å². The number of aliphatic hydroxyl groups excluding tert-OH is 1. The lowest BCUT2D eigenvalue weighted by atomic mass is 10.0. The molecule has 1 atom stereocenters. The highest BCUT2D eigenvalue weighted by Gasteiger charge is 2.16. The van der Waals surface area contributed by atoms with Crippen molar-refractivity contribution in [2.75, 3.05) is 13.2 Å². The monoisotopic (exact) mass is 1170 g/mol. The van der Waals surface area contributed by atoms with Gasteiger partial charge in [-0.3, -0.25) is 9.59 Å². The van der Waals surface area contributed by atoms with Crippen molar-refractivity contribution in [1.29, 1.82) is 0 Å². The first-order chi connectivity index (χ1) is 41.6. The molecule has 0 fully saturated rings. The van der Waals surface area contributed by atoms with Gasteiger partial charge in [0.1, 0.15) is 6.61 Å². The van der Waals surface area contributed by atoms with Gasteiger partial charge in [-0.2, -0.15) is 0 Å². The van der Waals surface area contributed by atoms with Crippen molar-refractivity contribution in [3.8, 4) is 0 Å². The number of unbranched alkanes of at least 4 members (excludes halogenated alkanes) is 44. The first kappa shape index (κ1) is 80.8. The van der Waals surface area contributed by atoms with Gasteiger partial charge in [-0.05, 0) is 96.3 Å². The summed E-state index contributed by atoms with van der Waals surface area (Å²) in [4.78, 5) is 24.7. The molecule has 0 radical (unpaired) electrons. The maximum atomic E-state index is 12.4. The molecule has 5 heteroatoms. The first-order valence-electron chi connectivity index (χ1n) is 36.8. The zero-order valence-corrected chi connectivity index (χ0v) is 55.9. The lowest BCUT2D eigenvalue weighted by Gasteiger charge is -2.15. The third-order valence-electron chi connectivity index (χ3n) is 16.4. The predicted molar refractivity (Wildman–Crippen MR) is 371 cm³/mol. The van der Waals surface area contributed by atoms with Crippen molar-refractivity contribution in [2.24, 2.45) is 0 Å². The number of esters is 2. The van der Waals surface area contributed by atoms with E-state index >= 15 is 0 Å². The van der Waals surface area contributed by atoms with Crippen LogP contribution in [-0.2, 0) is 19.1 Å². The summed E-state index contributed by atoms with van der Waals surface area (Å²) in [6.45, 7) is 4.06. The average molecular weight is 1170 g/mol. The summed E-state index contributed by atoms with van der Waals surface area (Å²) in [7, 11) is 0. The number of allylic oxidation sites excluding steroid dienone is 16. The molecule has 486 valence electrons. The summed E-state index contributed by atoms with van der Waals surface area (Å²) in [5.41, 5.74) is 0. The molecular formula is C79H140O5. The van der Waals surface area contributed by atoms with E-state index in [0.29, 0.717) is 12.8 Å². The molecule has 0 aliphatic heterocycles. The summed E-state index contributed by atoms with van der Waals surface area (Å²) >= 11 is 0. The zero-order chi connectivity index (χ0) is 60.5. The van der Waals surface area contributed by atoms with Gasteiger partial charge >= 0.3 is 11.9 Å². The van der Waals surface area contributed by atoms with E-state index in [1.165, 1.54) is 263 Å². The van der Waals surface area contributed by atoms with Crippen molar-refractivity contribution >= 4 is 11.9 Å². The van der Waals surface area contributed by atoms with Gasteiger partial charge in [-0.15, -0.1) is 0 Å². The summed E-state index contributed by atoms with van der Waals surface area (Å²) in [5, 5.41) is 9.72. The molecule has 0 aromatic rings. The fraction of sp³-hybridized carbons (Fsp3) is 0.772. The van der Waals surface area contributed by atoms with Crippen LogP contribution in [0.15, 0.2) is 97.2 Å². The van der Waals surface area contributed by atoms with E-state index in [-0.39, 0.29) is 25.2 Å². The molecule has 0 amide bonds. The molecule has 0 heterocycles. The second-order valence-electron chi connectivity index (χ2n) is 24.6. The van der Waals surface area contributed by atoms with Crippen LogP contribution in [0.2, 0.25) is 0 Å². The third-order valence-corrected chi connectivity index (χ3v) is 16.4. The Morgan fingerprint density at radius 2 is 0.512 bits per heavy atom.